The number of aromatic nitrogens is 2. The topological polar surface area (TPSA) is 101 Å². The van der Waals surface area contributed by atoms with Crippen LogP contribution in [0.4, 0.5) is 0 Å². The second-order valence-electron chi connectivity index (χ2n) is 7.42. The van der Waals surface area contributed by atoms with Crippen molar-refractivity contribution in [3.63, 3.8) is 0 Å². The summed E-state index contributed by atoms with van der Waals surface area (Å²) in [7, 11) is -4.05. The standard InChI is InChI=1S/C21H16ClN3O4S2/c22-15-8-6-14(7-9-15)17-11-25-12-18(30-20(25)23-17)31(28,29)24-21(19(26)27)10-16(21)13-4-2-1-3-5-13/h1-9,11-12,16,24H,10H2,(H,26,27)/t16-,21+/m0/s1. The van der Waals surface area contributed by atoms with Crippen molar-refractivity contribution in [3.05, 3.63) is 77.6 Å². The summed E-state index contributed by atoms with van der Waals surface area (Å²) in [6, 6.07) is 16.2. The third-order valence-electron chi connectivity index (χ3n) is 5.40. The van der Waals surface area contributed by atoms with E-state index < -0.39 is 27.4 Å². The summed E-state index contributed by atoms with van der Waals surface area (Å²) >= 11 is 6.90. The van der Waals surface area contributed by atoms with Gasteiger partial charge in [0, 0.05) is 28.9 Å². The van der Waals surface area contributed by atoms with E-state index in [4.69, 9.17) is 11.6 Å². The molecule has 1 saturated carbocycles. The first-order chi connectivity index (χ1) is 14.8. The van der Waals surface area contributed by atoms with Crippen LogP contribution in [0.15, 0.2) is 71.2 Å². The summed E-state index contributed by atoms with van der Waals surface area (Å²) < 4.78 is 30.1. The Labute approximate surface area is 187 Å². The van der Waals surface area contributed by atoms with E-state index in [-0.39, 0.29) is 10.6 Å². The predicted octanol–water partition coefficient (Wildman–Crippen LogP) is 4.01. The zero-order valence-electron chi connectivity index (χ0n) is 15.9. The zero-order valence-corrected chi connectivity index (χ0v) is 18.3. The highest BCUT2D eigenvalue weighted by atomic mass is 35.5. The Morgan fingerprint density at radius 3 is 2.52 bits per heavy atom. The number of sulfonamides is 1. The smallest absolute Gasteiger partial charge is 0.325 e. The fraction of sp³-hybridized carbons (Fsp3) is 0.143. The van der Waals surface area contributed by atoms with Gasteiger partial charge in [0.2, 0.25) is 0 Å². The predicted molar refractivity (Wildman–Crippen MR) is 118 cm³/mol. The molecule has 0 saturated heterocycles. The summed E-state index contributed by atoms with van der Waals surface area (Å²) in [4.78, 5) is 17.0. The molecule has 5 rings (SSSR count). The number of rotatable bonds is 6. The van der Waals surface area contributed by atoms with Crippen LogP contribution in [-0.4, -0.2) is 34.4 Å². The molecule has 158 valence electrons. The Kier molecular flexibility index (Phi) is 4.67. The van der Waals surface area contributed by atoms with Gasteiger partial charge in [-0.3, -0.25) is 9.20 Å². The van der Waals surface area contributed by atoms with Gasteiger partial charge in [-0.25, -0.2) is 13.4 Å². The maximum atomic E-state index is 13.0. The number of aliphatic carboxylic acids is 1. The highest BCUT2D eigenvalue weighted by Gasteiger charge is 2.63. The number of carboxylic acids is 1. The van der Waals surface area contributed by atoms with Crippen molar-refractivity contribution in [2.75, 3.05) is 0 Å². The minimum Gasteiger partial charge on any atom is -0.480 e. The molecule has 0 unspecified atom stereocenters. The van der Waals surface area contributed by atoms with Crippen molar-refractivity contribution in [1.29, 1.82) is 0 Å². The third-order valence-corrected chi connectivity index (χ3v) is 8.62. The number of imidazole rings is 1. The molecule has 4 aromatic rings. The molecule has 1 aliphatic rings. The lowest BCUT2D eigenvalue weighted by molar-refractivity contribution is -0.140. The summed E-state index contributed by atoms with van der Waals surface area (Å²) in [5.74, 6) is -1.60. The minimum atomic E-state index is -4.05. The number of halogens is 1. The van der Waals surface area contributed by atoms with Crippen LogP contribution in [0.1, 0.15) is 17.9 Å². The number of hydrogen-bond donors (Lipinski definition) is 2. The van der Waals surface area contributed by atoms with E-state index in [1.54, 1.807) is 47.0 Å². The first-order valence-electron chi connectivity index (χ1n) is 9.35. The molecule has 0 radical (unpaired) electrons. The number of thiazole rings is 1. The molecular weight excluding hydrogens is 458 g/mol. The first kappa shape index (κ1) is 20.2. The Morgan fingerprint density at radius 2 is 1.87 bits per heavy atom. The molecule has 0 amide bonds. The second-order valence-corrected chi connectivity index (χ2v) is 10.8. The van der Waals surface area contributed by atoms with Crippen LogP contribution < -0.4 is 4.72 Å². The number of fused-ring (bicyclic) bond motifs is 1. The van der Waals surface area contributed by atoms with Crippen LogP contribution in [0.2, 0.25) is 5.02 Å². The number of carbonyl (C=O) groups is 1. The lowest BCUT2D eigenvalue weighted by atomic mass is 10.1. The molecule has 1 aliphatic carbocycles. The van der Waals surface area contributed by atoms with Crippen LogP contribution in [-0.2, 0) is 14.8 Å². The van der Waals surface area contributed by atoms with E-state index in [0.717, 1.165) is 22.5 Å². The molecule has 10 heteroatoms. The maximum Gasteiger partial charge on any atom is 0.325 e. The first-order valence-corrected chi connectivity index (χ1v) is 12.0. The fourth-order valence-electron chi connectivity index (χ4n) is 3.69. The highest BCUT2D eigenvalue weighted by molar-refractivity contribution is 7.91. The van der Waals surface area contributed by atoms with Gasteiger partial charge >= 0.3 is 5.97 Å². The summed E-state index contributed by atoms with van der Waals surface area (Å²) in [5.41, 5.74) is 0.798. The summed E-state index contributed by atoms with van der Waals surface area (Å²) in [6.07, 6.45) is 3.38. The molecule has 2 atom stereocenters. The van der Waals surface area contributed by atoms with E-state index >= 15 is 0 Å². The van der Waals surface area contributed by atoms with E-state index in [1.807, 2.05) is 18.2 Å². The Bertz CT molecular complexity index is 1370. The monoisotopic (exact) mass is 473 g/mol. The number of nitrogens with zero attached hydrogens (tertiary/aromatic N) is 2. The van der Waals surface area contributed by atoms with Crippen LogP contribution >= 0.6 is 22.9 Å². The number of carboxylic acid groups (broad SMARTS) is 1. The molecule has 0 spiro atoms. The number of benzene rings is 2. The molecule has 1 fully saturated rings. The summed E-state index contributed by atoms with van der Waals surface area (Å²) in [5, 5.41) is 10.4. The van der Waals surface area contributed by atoms with Gasteiger partial charge in [-0.05, 0) is 24.1 Å². The van der Waals surface area contributed by atoms with Crippen molar-refractivity contribution in [2.24, 2.45) is 0 Å². The molecule has 2 aromatic carbocycles. The van der Waals surface area contributed by atoms with Gasteiger partial charge in [-0.15, -0.1) is 0 Å². The summed E-state index contributed by atoms with van der Waals surface area (Å²) in [6.45, 7) is 0. The van der Waals surface area contributed by atoms with Gasteiger partial charge in [0.15, 0.2) is 9.17 Å². The van der Waals surface area contributed by atoms with Crippen molar-refractivity contribution in [2.45, 2.75) is 22.1 Å². The maximum absolute atomic E-state index is 13.0. The molecule has 31 heavy (non-hydrogen) atoms. The third kappa shape index (κ3) is 3.53. The molecule has 7 nitrogen and oxygen atoms in total. The van der Waals surface area contributed by atoms with Crippen molar-refractivity contribution >= 4 is 43.9 Å². The lowest BCUT2D eigenvalue weighted by Crippen LogP contribution is -2.44. The highest BCUT2D eigenvalue weighted by Crippen LogP contribution is 2.52. The van der Waals surface area contributed by atoms with Crippen molar-refractivity contribution in [3.8, 4) is 11.3 Å². The zero-order chi connectivity index (χ0) is 21.8. The van der Waals surface area contributed by atoms with Crippen LogP contribution in [0, 0.1) is 0 Å². The molecule has 0 bridgehead atoms. The van der Waals surface area contributed by atoms with E-state index in [9.17, 15) is 18.3 Å². The quantitative estimate of drug-likeness (QED) is 0.440. The van der Waals surface area contributed by atoms with Gasteiger partial charge in [0.1, 0.15) is 5.54 Å². The fourth-order valence-corrected chi connectivity index (χ4v) is 6.45. The van der Waals surface area contributed by atoms with E-state index in [1.165, 1.54) is 6.20 Å². The molecule has 2 aromatic heterocycles. The average Bonchev–Trinajstić information content (AvgIpc) is 3.10. The van der Waals surface area contributed by atoms with Crippen LogP contribution in [0.25, 0.3) is 16.2 Å². The number of hydrogen-bond acceptors (Lipinski definition) is 5. The van der Waals surface area contributed by atoms with Crippen molar-refractivity contribution < 1.29 is 18.3 Å². The molecule has 0 aliphatic heterocycles. The average molecular weight is 474 g/mol. The van der Waals surface area contributed by atoms with E-state index in [2.05, 4.69) is 9.71 Å². The SMILES string of the molecule is O=C(O)[C@@]1(NS(=O)(=O)c2cn3cc(-c4ccc(Cl)cc4)nc3s2)C[C@H]1c1ccccc1. The lowest BCUT2D eigenvalue weighted by Gasteiger charge is -2.14. The van der Waals surface area contributed by atoms with E-state index in [0.29, 0.717) is 15.7 Å². The molecular formula is C21H16ClN3O4S2. The van der Waals surface area contributed by atoms with Gasteiger partial charge < -0.3 is 5.11 Å². The second kappa shape index (κ2) is 7.16. The minimum absolute atomic E-state index is 0.0111. The Morgan fingerprint density at radius 1 is 1.16 bits per heavy atom. The molecule has 2 N–H and O–H groups in total. The van der Waals surface area contributed by atoms with Gasteiger partial charge in [-0.1, -0.05) is 65.4 Å². The number of nitrogens with one attached hydrogen (secondary N) is 1. The largest absolute Gasteiger partial charge is 0.480 e. The molecule has 2 heterocycles. The van der Waals surface area contributed by atoms with Crippen LogP contribution in [0.3, 0.4) is 0 Å². The van der Waals surface area contributed by atoms with Gasteiger partial charge in [0.05, 0.1) is 5.69 Å². The normalized spacial score (nSPS) is 20.7. The van der Waals surface area contributed by atoms with Crippen LogP contribution in [0.5, 0.6) is 0 Å². The van der Waals surface area contributed by atoms with Gasteiger partial charge in [-0.2, -0.15) is 4.72 Å². The van der Waals surface area contributed by atoms with Crippen molar-refractivity contribution in [1.82, 2.24) is 14.1 Å². The Balaban J connectivity index is 1.43. The Hall–Kier alpha value is -2.72. The van der Waals surface area contributed by atoms with Gasteiger partial charge in [0.25, 0.3) is 10.0 Å².